The third-order valence-corrected chi connectivity index (χ3v) is 5.09. The van der Waals surface area contributed by atoms with E-state index in [0.717, 1.165) is 22.6 Å². The van der Waals surface area contributed by atoms with E-state index < -0.39 is 4.92 Å². The van der Waals surface area contributed by atoms with E-state index in [2.05, 4.69) is 22.2 Å². The Balaban J connectivity index is 1.81. The van der Waals surface area contributed by atoms with Crippen molar-refractivity contribution in [1.29, 1.82) is 0 Å². The van der Waals surface area contributed by atoms with Gasteiger partial charge in [-0.25, -0.2) is 5.01 Å². The molecule has 0 radical (unpaired) electrons. The zero-order chi connectivity index (χ0) is 20.4. The molecule has 3 aromatic rings. The van der Waals surface area contributed by atoms with Gasteiger partial charge in [-0.3, -0.25) is 10.1 Å². The summed E-state index contributed by atoms with van der Waals surface area (Å²) in [5.41, 5.74) is 3.14. The zero-order valence-corrected chi connectivity index (χ0v) is 16.2. The molecule has 1 aliphatic rings. The van der Waals surface area contributed by atoms with E-state index in [1.807, 2.05) is 62.6 Å². The van der Waals surface area contributed by atoms with Crippen LogP contribution < -0.4 is 4.74 Å². The van der Waals surface area contributed by atoms with E-state index in [4.69, 9.17) is 4.74 Å². The quantitative estimate of drug-likeness (QED) is 0.461. The van der Waals surface area contributed by atoms with E-state index in [0.29, 0.717) is 5.75 Å². The first-order valence-electron chi connectivity index (χ1n) is 9.29. The minimum Gasteiger partial charge on any atom is -0.457 e. The molecule has 0 amide bonds. The Morgan fingerprint density at radius 1 is 0.862 bits per heavy atom. The largest absolute Gasteiger partial charge is 0.457 e. The molecule has 0 N–H and O–H groups in total. The molecule has 29 heavy (non-hydrogen) atoms. The Kier molecular flexibility index (Phi) is 5.01. The Labute approximate surface area is 169 Å². The first-order valence-corrected chi connectivity index (χ1v) is 9.29. The lowest BCUT2D eigenvalue weighted by atomic mass is 10.0. The van der Waals surface area contributed by atoms with Crippen LogP contribution in [0.25, 0.3) is 5.70 Å². The van der Waals surface area contributed by atoms with Crippen molar-refractivity contribution in [1.82, 2.24) is 10.0 Å². The molecule has 1 heterocycles. The average Bonchev–Trinajstić information content (AvgIpc) is 2.99. The summed E-state index contributed by atoms with van der Waals surface area (Å²) in [5.74, 6) is 1.34. The summed E-state index contributed by atoms with van der Waals surface area (Å²) in [5, 5.41) is 15.2. The van der Waals surface area contributed by atoms with Crippen LogP contribution in [0, 0.1) is 10.1 Å². The van der Waals surface area contributed by atoms with Gasteiger partial charge in [0.05, 0.1) is 10.6 Å². The monoisotopic (exact) mass is 387 g/mol. The molecule has 0 aromatic heterocycles. The highest BCUT2D eigenvalue weighted by molar-refractivity contribution is 5.69. The maximum atomic E-state index is 11.0. The summed E-state index contributed by atoms with van der Waals surface area (Å²) in [4.78, 5) is 10.5. The van der Waals surface area contributed by atoms with Crippen molar-refractivity contribution in [2.75, 3.05) is 14.1 Å². The highest BCUT2D eigenvalue weighted by Crippen LogP contribution is 2.43. The van der Waals surface area contributed by atoms with Gasteiger partial charge in [-0.2, -0.15) is 0 Å². The highest BCUT2D eigenvalue weighted by atomic mass is 16.6. The Hall–Kier alpha value is -3.64. The van der Waals surface area contributed by atoms with Gasteiger partial charge in [0.25, 0.3) is 5.69 Å². The predicted molar refractivity (Wildman–Crippen MR) is 112 cm³/mol. The number of hydrogen-bond acceptors (Lipinski definition) is 5. The molecular weight excluding hydrogens is 366 g/mol. The summed E-state index contributed by atoms with van der Waals surface area (Å²) in [7, 11) is 4.03. The molecule has 1 unspecified atom stereocenters. The van der Waals surface area contributed by atoms with Gasteiger partial charge in [-0.05, 0) is 17.7 Å². The van der Waals surface area contributed by atoms with Crippen LogP contribution in [0.1, 0.15) is 17.2 Å². The Morgan fingerprint density at radius 3 is 2.03 bits per heavy atom. The molecule has 6 nitrogen and oxygen atoms in total. The SMILES string of the molecule is CN1C(c2ccccc2)=C(Oc2ccc([N+](=O)[O-])cc2)C(c2ccccc2)N1C. The number of hydrazine groups is 1. The number of nitrogens with zero attached hydrogens (tertiary/aromatic N) is 3. The van der Waals surface area contributed by atoms with Crippen molar-refractivity contribution < 1.29 is 9.66 Å². The van der Waals surface area contributed by atoms with Gasteiger partial charge < -0.3 is 9.75 Å². The van der Waals surface area contributed by atoms with Gasteiger partial charge >= 0.3 is 0 Å². The van der Waals surface area contributed by atoms with Crippen molar-refractivity contribution in [2.24, 2.45) is 0 Å². The molecular formula is C23H21N3O3. The lowest BCUT2D eigenvalue weighted by Crippen LogP contribution is -2.32. The van der Waals surface area contributed by atoms with E-state index >= 15 is 0 Å². The third-order valence-electron chi connectivity index (χ3n) is 5.09. The summed E-state index contributed by atoms with van der Waals surface area (Å²) < 4.78 is 6.36. The van der Waals surface area contributed by atoms with Gasteiger partial charge in [0.1, 0.15) is 11.8 Å². The Morgan fingerprint density at radius 2 is 1.45 bits per heavy atom. The van der Waals surface area contributed by atoms with Crippen LogP contribution >= 0.6 is 0 Å². The first kappa shape index (κ1) is 18.7. The molecule has 0 fully saturated rings. The first-order chi connectivity index (χ1) is 14.1. The second-order valence-corrected chi connectivity index (χ2v) is 6.84. The fourth-order valence-corrected chi connectivity index (χ4v) is 3.58. The molecule has 0 saturated carbocycles. The molecule has 0 spiro atoms. The van der Waals surface area contributed by atoms with E-state index in [9.17, 15) is 10.1 Å². The molecule has 1 aliphatic heterocycles. The number of likely N-dealkylation sites (N-methyl/N-ethyl adjacent to an activating group) is 1. The van der Waals surface area contributed by atoms with Crippen molar-refractivity contribution in [3.63, 3.8) is 0 Å². The van der Waals surface area contributed by atoms with Crippen LogP contribution in [0.2, 0.25) is 0 Å². The maximum Gasteiger partial charge on any atom is 0.269 e. The van der Waals surface area contributed by atoms with Crippen molar-refractivity contribution in [3.05, 3.63) is 112 Å². The van der Waals surface area contributed by atoms with Crippen molar-refractivity contribution >= 4 is 11.4 Å². The maximum absolute atomic E-state index is 11.0. The van der Waals surface area contributed by atoms with Gasteiger partial charge in [0, 0.05) is 31.8 Å². The number of hydrogen-bond donors (Lipinski definition) is 0. The Bertz CT molecular complexity index is 1030. The number of ether oxygens (including phenoxy) is 1. The van der Waals surface area contributed by atoms with Crippen LogP contribution in [-0.2, 0) is 0 Å². The second kappa shape index (κ2) is 7.77. The molecule has 4 rings (SSSR count). The molecule has 1 atom stereocenters. The summed E-state index contributed by atoms with van der Waals surface area (Å²) >= 11 is 0. The van der Waals surface area contributed by atoms with Gasteiger partial charge in [-0.1, -0.05) is 60.7 Å². The van der Waals surface area contributed by atoms with E-state index in [1.54, 1.807) is 12.1 Å². The average molecular weight is 387 g/mol. The number of nitro groups is 1. The summed E-state index contributed by atoms with van der Waals surface area (Å²) in [6.45, 7) is 0. The van der Waals surface area contributed by atoms with Crippen molar-refractivity contribution in [3.8, 4) is 5.75 Å². The van der Waals surface area contributed by atoms with Crippen molar-refractivity contribution in [2.45, 2.75) is 6.04 Å². The number of non-ortho nitro benzene ring substituents is 1. The van der Waals surface area contributed by atoms with E-state index in [-0.39, 0.29) is 11.7 Å². The number of benzene rings is 3. The standard InChI is InChI=1S/C23H21N3O3/c1-24-21(17-9-5-3-6-10-17)23(22(25(24)2)18-11-7-4-8-12-18)29-20-15-13-19(14-16-20)26(27)28/h3-16,21H,1-2H3. The van der Waals surface area contributed by atoms with Crippen LogP contribution in [0.5, 0.6) is 5.75 Å². The smallest absolute Gasteiger partial charge is 0.269 e. The second-order valence-electron chi connectivity index (χ2n) is 6.84. The lowest BCUT2D eigenvalue weighted by molar-refractivity contribution is -0.384. The van der Waals surface area contributed by atoms with Crippen LogP contribution in [0.3, 0.4) is 0 Å². The molecule has 6 heteroatoms. The van der Waals surface area contributed by atoms with Gasteiger partial charge in [0.2, 0.25) is 0 Å². The summed E-state index contributed by atoms with van der Waals surface area (Å²) in [6.07, 6.45) is 0. The van der Waals surface area contributed by atoms with Crippen LogP contribution in [0.15, 0.2) is 90.7 Å². The van der Waals surface area contributed by atoms with Crippen LogP contribution in [0.4, 0.5) is 5.69 Å². The molecule has 0 saturated heterocycles. The zero-order valence-electron chi connectivity index (χ0n) is 16.2. The molecule has 3 aromatic carbocycles. The number of rotatable bonds is 5. The predicted octanol–water partition coefficient (Wildman–Crippen LogP) is 4.88. The normalized spacial score (nSPS) is 16.9. The fraction of sp³-hybridized carbons (Fsp3) is 0.130. The summed E-state index contributed by atoms with van der Waals surface area (Å²) in [6, 6.07) is 26.3. The topological polar surface area (TPSA) is 58.9 Å². The highest BCUT2D eigenvalue weighted by Gasteiger charge is 2.38. The molecule has 0 aliphatic carbocycles. The minimum atomic E-state index is -0.414. The molecule has 146 valence electrons. The third kappa shape index (κ3) is 3.58. The van der Waals surface area contributed by atoms with Gasteiger partial charge in [-0.15, -0.1) is 0 Å². The fourth-order valence-electron chi connectivity index (χ4n) is 3.58. The molecule has 0 bridgehead atoms. The van der Waals surface area contributed by atoms with Gasteiger partial charge in [0.15, 0.2) is 5.76 Å². The van der Waals surface area contributed by atoms with E-state index in [1.165, 1.54) is 12.1 Å². The number of nitro benzene ring substituents is 1. The van der Waals surface area contributed by atoms with Crippen LogP contribution in [-0.4, -0.2) is 29.0 Å². The minimum absolute atomic E-state index is 0.0369. The lowest BCUT2D eigenvalue weighted by Gasteiger charge is -2.28.